The Labute approximate surface area is 139 Å². The van der Waals surface area contributed by atoms with Crippen LogP contribution in [0.2, 0.25) is 0 Å². The molecule has 0 rings (SSSR count). The molecule has 0 saturated heterocycles. The first-order valence-electron chi connectivity index (χ1n) is 5.76. The fourth-order valence-corrected chi connectivity index (χ4v) is 3.27. The predicted octanol–water partition coefficient (Wildman–Crippen LogP) is -7.28. The molecule has 0 aliphatic heterocycles. The zero-order valence-electron chi connectivity index (χ0n) is 11.6. The number of halogens is 2. The molecule has 0 saturated carbocycles. The summed E-state index contributed by atoms with van der Waals surface area (Å²) in [5.41, 5.74) is 7.44. The van der Waals surface area contributed by atoms with Crippen LogP contribution < -0.4 is 36.3 Å². The Morgan fingerprint density at radius 3 is 1.45 bits per heavy atom. The van der Waals surface area contributed by atoms with Gasteiger partial charge in [-0.15, -0.1) is 0 Å². The van der Waals surface area contributed by atoms with Gasteiger partial charge in [0.25, 0.3) is 0 Å². The van der Waals surface area contributed by atoms with Crippen LogP contribution in [-0.2, 0) is 19.1 Å². The molecule has 0 amide bonds. The lowest BCUT2D eigenvalue weighted by Crippen LogP contribution is -3.00. The summed E-state index contributed by atoms with van der Waals surface area (Å²) in [5, 5.41) is 0. The summed E-state index contributed by atoms with van der Waals surface area (Å²) < 4.78 is 9.68. The van der Waals surface area contributed by atoms with Gasteiger partial charge in [-0.1, -0.05) is 21.6 Å². The smallest absolute Gasteiger partial charge is 0.365 e. The molecule has 0 fully saturated rings. The van der Waals surface area contributed by atoms with Crippen molar-refractivity contribution in [3.05, 3.63) is 0 Å². The van der Waals surface area contributed by atoms with E-state index in [0.717, 1.165) is 0 Å². The van der Waals surface area contributed by atoms with Crippen molar-refractivity contribution in [2.75, 3.05) is 24.7 Å². The van der Waals surface area contributed by atoms with E-state index < -0.39 is 0 Å². The van der Waals surface area contributed by atoms with E-state index in [-0.39, 0.29) is 48.8 Å². The first-order valence-corrected chi connectivity index (χ1v) is 8.25. The predicted molar refractivity (Wildman–Crippen MR) is 71.5 cm³/mol. The molecule has 0 radical (unpaired) electrons. The van der Waals surface area contributed by atoms with E-state index >= 15 is 0 Å². The van der Waals surface area contributed by atoms with Gasteiger partial charge in [-0.25, -0.2) is 9.59 Å². The highest BCUT2D eigenvalue weighted by molar-refractivity contribution is 8.76. The Balaban J connectivity index is -0.00000144. The highest BCUT2D eigenvalue weighted by atomic mass is 35.5. The summed E-state index contributed by atoms with van der Waals surface area (Å²) in [4.78, 5) is 22.5. The molecule has 0 spiro atoms. The second-order valence-corrected chi connectivity index (χ2v) is 6.02. The Morgan fingerprint density at radius 2 is 1.20 bits per heavy atom. The molecule has 0 aromatic carbocycles. The van der Waals surface area contributed by atoms with Crippen LogP contribution in [0.4, 0.5) is 0 Å². The Kier molecular flexibility index (Phi) is 19.5. The summed E-state index contributed by atoms with van der Waals surface area (Å²) in [7, 11) is 2.97. The van der Waals surface area contributed by atoms with Gasteiger partial charge in [0.1, 0.15) is 0 Å². The molecular weight excluding hydrogens is 347 g/mol. The van der Waals surface area contributed by atoms with Crippen LogP contribution in [0.25, 0.3) is 0 Å². The van der Waals surface area contributed by atoms with E-state index in [0.29, 0.717) is 24.7 Å². The normalized spacial score (nSPS) is 12.4. The van der Waals surface area contributed by atoms with Crippen LogP contribution in [0.15, 0.2) is 0 Å². The highest BCUT2D eigenvalue weighted by Gasteiger charge is 2.21. The summed E-state index contributed by atoms with van der Waals surface area (Å²) in [6.45, 7) is 4.26. The number of ether oxygens (including phenoxy) is 2. The summed E-state index contributed by atoms with van der Waals surface area (Å²) >= 11 is 0. The van der Waals surface area contributed by atoms with Crippen LogP contribution in [0.1, 0.15) is 13.8 Å². The SMILES string of the molecule is CCOC(=O)[C@@H]([NH3+])CSSC[C@H]([NH3+])C(=O)OCC.[Cl-].[Cl-]. The molecule has 6 N–H and O–H groups in total. The molecule has 2 atom stereocenters. The number of carbonyl (C=O) groups excluding carboxylic acids is 2. The van der Waals surface area contributed by atoms with E-state index in [1.807, 2.05) is 0 Å². The molecular formula is C10H22Cl2N2O4S2. The van der Waals surface area contributed by atoms with Gasteiger partial charge < -0.3 is 45.8 Å². The molecule has 0 aromatic rings. The Morgan fingerprint density at radius 1 is 0.900 bits per heavy atom. The second-order valence-electron chi connectivity index (χ2n) is 3.47. The van der Waals surface area contributed by atoms with E-state index in [1.165, 1.54) is 21.6 Å². The fourth-order valence-electron chi connectivity index (χ4n) is 0.917. The summed E-state index contributed by atoms with van der Waals surface area (Å²) in [6, 6.07) is -0.762. The first kappa shape index (κ1) is 25.1. The van der Waals surface area contributed by atoms with E-state index in [1.54, 1.807) is 13.8 Å². The standard InChI is InChI=1S/C10H20N2O4S2.2ClH/c1-3-15-9(13)7(11)5-17-18-6-8(12)10(14)16-4-2;;/h7-8H,3-6,11-12H2,1-2H3;2*1H/t7-,8-;;/m0../s1. The van der Waals surface area contributed by atoms with Crippen LogP contribution in [-0.4, -0.2) is 48.7 Å². The minimum absolute atomic E-state index is 0. The van der Waals surface area contributed by atoms with Crippen molar-refractivity contribution >= 4 is 33.5 Å². The van der Waals surface area contributed by atoms with Gasteiger partial charge >= 0.3 is 11.9 Å². The van der Waals surface area contributed by atoms with E-state index in [4.69, 9.17) is 9.47 Å². The van der Waals surface area contributed by atoms with Gasteiger partial charge in [0, 0.05) is 0 Å². The zero-order chi connectivity index (χ0) is 14.0. The topological polar surface area (TPSA) is 108 Å². The molecule has 20 heavy (non-hydrogen) atoms. The van der Waals surface area contributed by atoms with Gasteiger partial charge in [0.05, 0.1) is 24.7 Å². The number of rotatable bonds is 9. The largest absolute Gasteiger partial charge is 1.00 e. The molecule has 0 aliphatic rings. The molecule has 0 heterocycles. The lowest BCUT2D eigenvalue weighted by atomic mass is 10.4. The van der Waals surface area contributed by atoms with Crippen LogP contribution in [0, 0.1) is 0 Å². The number of hydrogen-bond acceptors (Lipinski definition) is 6. The van der Waals surface area contributed by atoms with Crippen molar-refractivity contribution < 1.29 is 55.3 Å². The zero-order valence-corrected chi connectivity index (χ0v) is 14.7. The maximum Gasteiger partial charge on any atom is 0.365 e. The molecule has 0 unspecified atom stereocenters. The fraction of sp³-hybridized carbons (Fsp3) is 0.800. The van der Waals surface area contributed by atoms with Crippen molar-refractivity contribution in [1.82, 2.24) is 0 Å². The third-order valence-corrected chi connectivity index (χ3v) is 4.42. The third kappa shape index (κ3) is 11.9. The summed E-state index contributed by atoms with van der Waals surface area (Å²) in [5.74, 6) is 0.530. The van der Waals surface area contributed by atoms with Crippen LogP contribution in [0.3, 0.4) is 0 Å². The van der Waals surface area contributed by atoms with Crippen molar-refractivity contribution in [1.29, 1.82) is 0 Å². The monoisotopic (exact) mass is 368 g/mol. The number of esters is 2. The minimum Gasteiger partial charge on any atom is -1.00 e. The Bertz CT molecular complexity index is 250. The van der Waals surface area contributed by atoms with Gasteiger partial charge in [0.2, 0.25) is 0 Å². The van der Waals surface area contributed by atoms with E-state index in [9.17, 15) is 9.59 Å². The molecule has 0 aliphatic carbocycles. The molecule has 0 aromatic heterocycles. The maximum absolute atomic E-state index is 11.3. The number of hydrogen-bond donors (Lipinski definition) is 2. The average Bonchev–Trinajstić information content (AvgIpc) is 2.34. The maximum atomic E-state index is 11.3. The quantitative estimate of drug-likeness (QED) is 0.238. The lowest BCUT2D eigenvalue weighted by Gasteiger charge is -2.08. The molecule has 10 heteroatoms. The van der Waals surface area contributed by atoms with E-state index in [2.05, 4.69) is 11.5 Å². The number of quaternary nitrogens is 2. The molecule has 6 nitrogen and oxygen atoms in total. The first-order chi connectivity index (χ1) is 8.52. The third-order valence-electron chi connectivity index (χ3n) is 1.86. The van der Waals surface area contributed by atoms with Gasteiger partial charge in [0.15, 0.2) is 12.1 Å². The van der Waals surface area contributed by atoms with Crippen molar-refractivity contribution in [3.63, 3.8) is 0 Å². The van der Waals surface area contributed by atoms with Gasteiger partial charge in [-0.2, -0.15) is 0 Å². The highest BCUT2D eigenvalue weighted by Crippen LogP contribution is 2.21. The van der Waals surface area contributed by atoms with Gasteiger partial charge in [-0.3, -0.25) is 0 Å². The van der Waals surface area contributed by atoms with Crippen LogP contribution >= 0.6 is 21.6 Å². The van der Waals surface area contributed by atoms with Crippen LogP contribution in [0.5, 0.6) is 0 Å². The number of carbonyl (C=O) groups is 2. The second kappa shape index (κ2) is 15.5. The molecule has 0 bridgehead atoms. The van der Waals surface area contributed by atoms with Crippen molar-refractivity contribution in [2.45, 2.75) is 25.9 Å². The lowest BCUT2D eigenvalue weighted by molar-refractivity contribution is -0.401. The van der Waals surface area contributed by atoms with Crippen molar-refractivity contribution in [3.8, 4) is 0 Å². The molecule has 122 valence electrons. The Hall–Kier alpha value is 0.140. The van der Waals surface area contributed by atoms with Gasteiger partial charge in [-0.05, 0) is 13.8 Å². The minimum atomic E-state index is -0.381. The summed E-state index contributed by atoms with van der Waals surface area (Å²) in [6.07, 6.45) is 0. The van der Waals surface area contributed by atoms with Crippen molar-refractivity contribution in [2.24, 2.45) is 0 Å². The average molecular weight is 369 g/mol.